The Morgan fingerprint density at radius 3 is 2.47 bits per heavy atom. The van der Waals surface area contributed by atoms with Gasteiger partial charge in [0, 0.05) is 6.42 Å². The number of ketones is 1. The Balaban J connectivity index is 1.95. The van der Waals surface area contributed by atoms with Crippen molar-refractivity contribution in [1.82, 2.24) is 0 Å². The van der Waals surface area contributed by atoms with Crippen molar-refractivity contribution in [3.8, 4) is 0 Å². The van der Waals surface area contributed by atoms with Crippen molar-refractivity contribution in [1.29, 1.82) is 0 Å². The van der Waals surface area contributed by atoms with Gasteiger partial charge in [-0.3, -0.25) is 4.79 Å². The van der Waals surface area contributed by atoms with E-state index in [-0.39, 0.29) is 11.4 Å². The van der Waals surface area contributed by atoms with Gasteiger partial charge in [0.15, 0.2) is 5.78 Å². The van der Waals surface area contributed by atoms with E-state index in [4.69, 9.17) is 9.47 Å². The molecule has 0 amide bonds. The molecule has 0 spiro atoms. The number of hydrogen-bond donors (Lipinski definition) is 0. The number of Topliss-reactive ketones (excluding diaryl/α,β-unsaturated/α-hetero) is 1. The maximum atomic E-state index is 12.2. The number of carbonyl (C=O) groups is 1. The first-order valence-electron chi connectivity index (χ1n) is 6.83. The minimum atomic E-state index is -0.752. The Hall–Kier alpha value is -1.19. The maximum Gasteiger partial charge on any atom is 0.169 e. The van der Waals surface area contributed by atoms with Gasteiger partial charge in [0.25, 0.3) is 0 Å². The van der Waals surface area contributed by atoms with Gasteiger partial charge in [-0.15, -0.1) is 0 Å². The van der Waals surface area contributed by atoms with Crippen LogP contribution in [0.4, 0.5) is 0 Å². The number of rotatable bonds is 5. The van der Waals surface area contributed by atoms with Crippen LogP contribution in [0.25, 0.3) is 0 Å². The lowest BCUT2D eigenvalue weighted by molar-refractivity contribution is -0.151. The van der Waals surface area contributed by atoms with E-state index in [1.807, 2.05) is 51.1 Å². The van der Waals surface area contributed by atoms with Gasteiger partial charge in [-0.25, -0.2) is 0 Å². The molecule has 19 heavy (non-hydrogen) atoms. The third-order valence-corrected chi connectivity index (χ3v) is 3.58. The minimum Gasteiger partial charge on any atom is -0.373 e. The minimum absolute atomic E-state index is 0.160. The lowest BCUT2D eigenvalue weighted by Crippen LogP contribution is -2.41. The molecule has 1 atom stereocenters. The molecular weight excluding hydrogens is 240 g/mol. The lowest BCUT2D eigenvalue weighted by atomic mass is 9.94. The van der Waals surface area contributed by atoms with Crippen LogP contribution < -0.4 is 0 Å². The zero-order valence-corrected chi connectivity index (χ0v) is 11.9. The second-order valence-electron chi connectivity index (χ2n) is 5.79. The van der Waals surface area contributed by atoms with Crippen molar-refractivity contribution < 1.29 is 14.3 Å². The Bertz CT molecular complexity index is 439. The van der Waals surface area contributed by atoms with Crippen LogP contribution in [0.1, 0.15) is 39.2 Å². The molecule has 1 aliphatic rings. The standard InChI is InChI=1S/C16H22O3/c1-4-16(14(17)10-15(2,3)19-16)12-18-11-13-8-6-5-7-9-13/h5-9H,4,10-12H2,1-3H3. The van der Waals surface area contributed by atoms with Crippen LogP contribution in [-0.2, 0) is 20.9 Å². The Morgan fingerprint density at radius 2 is 1.95 bits per heavy atom. The highest BCUT2D eigenvalue weighted by molar-refractivity contribution is 5.90. The summed E-state index contributed by atoms with van der Waals surface area (Å²) in [6.07, 6.45) is 1.12. The van der Waals surface area contributed by atoms with Gasteiger partial charge < -0.3 is 9.47 Å². The van der Waals surface area contributed by atoms with Crippen LogP contribution in [0.3, 0.4) is 0 Å². The van der Waals surface area contributed by atoms with Crippen molar-refractivity contribution in [2.45, 2.75) is 51.4 Å². The average molecular weight is 262 g/mol. The van der Waals surface area contributed by atoms with Gasteiger partial charge >= 0.3 is 0 Å². The van der Waals surface area contributed by atoms with Crippen molar-refractivity contribution >= 4 is 5.78 Å². The van der Waals surface area contributed by atoms with Gasteiger partial charge in [-0.1, -0.05) is 37.3 Å². The molecule has 0 aliphatic carbocycles. The molecule has 0 saturated carbocycles. The molecule has 104 valence electrons. The second-order valence-corrected chi connectivity index (χ2v) is 5.79. The van der Waals surface area contributed by atoms with Crippen LogP contribution >= 0.6 is 0 Å². The zero-order valence-electron chi connectivity index (χ0n) is 11.9. The Morgan fingerprint density at radius 1 is 1.26 bits per heavy atom. The number of hydrogen-bond acceptors (Lipinski definition) is 3. The molecule has 1 aromatic rings. The van der Waals surface area contributed by atoms with E-state index in [1.165, 1.54) is 0 Å². The van der Waals surface area contributed by atoms with E-state index in [0.29, 0.717) is 26.1 Å². The highest BCUT2D eigenvalue weighted by Crippen LogP contribution is 2.37. The van der Waals surface area contributed by atoms with Crippen molar-refractivity contribution in [3.05, 3.63) is 35.9 Å². The number of ether oxygens (including phenoxy) is 2. The van der Waals surface area contributed by atoms with E-state index in [0.717, 1.165) is 5.56 Å². The topological polar surface area (TPSA) is 35.5 Å². The quantitative estimate of drug-likeness (QED) is 0.818. The first kappa shape index (κ1) is 14.2. The van der Waals surface area contributed by atoms with E-state index in [1.54, 1.807) is 0 Å². The third kappa shape index (κ3) is 3.23. The lowest BCUT2D eigenvalue weighted by Gasteiger charge is -2.28. The number of carbonyl (C=O) groups excluding carboxylic acids is 1. The van der Waals surface area contributed by atoms with Gasteiger partial charge in [0.1, 0.15) is 5.60 Å². The monoisotopic (exact) mass is 262 g/mol. The molecule has 1 fully saturated rings. The SMILES string of the molecule is CCC1(COCc2ccccc2)OC(C)(C)CC1=O. The first-order chi connectivity index (χ1) is 8.97. The molecule has 3 nitrogen and oxygen atoms in total. The fourth-order valence-corrected chi connectivity index (χ4v) is 2.56. The third-order valence-electron chi connectivity index (χ3n) is 3.58. The van der Waals surface area contributed by atoms with Crippen molar-refractivity contribution in [2.75, 3.05) is 6.61 Å². The molecule has 2 rings (SSSR count). The first-order valence-corrected chi connectivity index (χ1v) is 6.83. The van der Waals surface area contributed by atoms with Gasteiger partial charge in [-0.05, 0) is 25.8 Å². The molecule has 1 heterocycles. The average Bonchev–Trinajstić information content (AvgIpc) is 2.61. The summed E-state index contributed by atoms with van der Waals surface area (Å²) in [5, 5.41) is 0. The predicted molar refractivity (Wildman–Crippen MR) is 73.9 cm³/mol. The van der Waals surface area contributed by atoms with E-state index in [2.05, 4.69) is 0 Å². The zero-order chi connectivity index (χ0) is 13.9. The molecule has 1 aromatic carbocycles. The van der Waals surface area contributed by atoms with Crippen LogP contribution in [0.2, 0.25) is 0 Å². The maximum absolute atomic E-state index is 12.2. The largest absolute Gasteiger partial charge is 0.373 e. The summed E-state index contributed by atoms with van der Waals surface area (Å²) in [5.41, 5.74) is -0.0138. The van der Waals surface area contributed by atoms with Crippen LogP contribution in [0.5, 0.6) is 0 Å². The van der Waals surface area contributed by atoms with Crippen LogP contribution in [0.15, 0.2) is 30.3 Å². The summed E-state index contributed by atoms with van der Waals surface area (Å²) in [6.45, 7) is 6.74. The fourth-order valence-electron chi connectivity index (χ4n) is 2.56. The van der Waals surface area contributed by atoms with E-state index >= 15 is 0 Å². The molecule has 0 bridgehead atoms. The Labute approximate surface area is 114 Å². The fraction of sp³-hybridized carbons (Fsp3) is 0.562. The molecule has 1 unspecified atom stereocenters. The highest BCUT2D eigenvalue weighted by atomic mass is 16.6. The highest BCUT2D eigenvalue weighted by Gasteiger charge is 2.50. The predicted octanol–water partition coefficient (Wildman–Crippen LogP) is 3.12. The molecule has 1 aliphatic heterocycles. The molecule has 1 saturated heterocycles. The molecule has 0 N–H and O–H groups in total. The normalized spacial score (nSPS) is 25.7. The molecular formula is C16H22O3. The van der Waals surface area contributed by atoms with Gasteiger partial charge in [0.05, 0.1) is 18.8 Å². The molecule has 0 aromatic heterocycles. The number of benzene rings is 1. The Kier molecular flexibility index (Phi) is 4.07. The van der Waals surface area contributed by atoms with Crippen LogP contribution in [0, 0.1) is 0 Å². The second kappa shape index (κ2) is 5.43. The smallest absolute Gasteiger partial charge is 0.169 e. The van der Waals surface area contributed by atoms with Crippen LogP contribution in [-0.4, -0.2) is 23.6 Å². The summed E-state index contributed by atoms with van der Waals surface area (Å²) in [6, 6.07) is 9.96. The van der Waals surface area contributed by atoms with Gasteiger partial charge in [-0.2, -0.15) is 0 Å². The molecule has 0 radical (unpaired) electrons. The summed E-state index contributed by atoms with van der Waals surface area (Å²) in [4.78, 5) is 12.2. The van der Waals surface area contributed by atoms with E-state index in [9.17, 15) is 4.79 Å². The summed E-state index contributed by atoms with van der Waals surface area (Å²) >= 11 is 0. The van der Waals surface area contributed by atoms with E-state index < -0.39 is 5.60 Å². The van der Waals surface area contributed by atoms with Gasteiger partial charge in [0.2, 0.25) is 0 Å². The summed E-state index contributed by atoms with van der Waals surface area (Å²) in [5.74, 6) is 0.160. The van der Waals surface area contributed by atoms with Crippen molar-refractivity contribution in [2.24, 2.45) is 0 Å². The van der Waals surface area contributed by atoms with Crippen molar-refractivity contribution in [3.63, 3.8) is 0 Å². The molecule has 3 heteroatoms. The summed E-state index contributed by atoms with van der Waals surface area (Å²) in [7, 11) is 0. The summed E-state index contributed by atoms with van der Waals surface area (Å²) < 4.78 is 11.7.